The first kappa shape index (κ1) is 19.5. The summed E-state index contributed by atoms with van der Waals surface area (Å²) in [5.41, 5.74) is 0.792. The predicted octanol–water partition coefficient (Wildman–Crippen LogP) is 2.92. The molecule has 0 spiro atoms. The van der Waals surface area contributed by atoms with E-state index in [2.05, 4.69) is 53.4 Å². The van der Waals surface area contributed by atoms with Crippen LogP contribution in [0.4, 0.5) is 5.82 Å². The summed E-state index contributed by atoms with van der Waals surface area (Å²) >= 11 is 1.63. The summed E-state index contributed by atoms with van der Waals surface area (Å²) in [5, 5.41) is 12.8. The summed E-state index contributed by atoms with van der Waals surface area (Å²) in [6.45, 7) is 13.3. The van der Waals surface area contributed by atoms with Gasteiger partial charge in [0.15, 0.2) is 10.8 Å². The number of nitrogens with zero attached hydrogens (tertiary/aromatic N) is 4. The molecule has 138 valence electrons. The van der Waals surface area contributed by atoms with Gasteiger partial charge in [0.1, 0.15) is 5.82 Å². The molecule has 0 bridgehead atoms. The molecule has 2 N–H and O–H groups in total. The zero-order valence-electron chi connectivity index (χ0n) is 15.8. The number of hydrogen-bond acceptors (Lipinski definition) is 6. The van der Waals surface area contributed by atoms with Crippen molar-refractivity contribution in [3.63, 3.8) is 0 Å². The molecule has 0 aliphatic rings. The van der Waals surface area contributed by atoms with Gasteiger partial charge < -0.3 is 10.6 Å². The Morgan fingerprint density at radius 3 is 2.52 bits per heavy atom. The highest BCUT2D eigenvalue weighted by Crippen LogP contribution is 2.26. The summed E-state index contributed by atoms with van der Waals surface area (Å²) in [4.78, 5) is 21.0. The summed E-state index contributed by atoms with van der Waals surface area (Å²) in [7, 11) is 0. The number of amides is 1. The lowest BCUT2D eigenvalue weighted by atomic mass is 10.2. The van der Waals surface area contributed by atoms with Gasteiger partial charge in [-0.15, -0.1) is 0 Å². The summed E-state index contributed by atoms with van der Waals surface area (Å²) in [5.74, 6) is 0.831. The molecule has 0 atom stereocenters. The fourth-order valence-corrected chi connectivity index (χ4v) is 2.94. The van der Waals surface area contributed by atoms with Gasteiger partial charge in [-0.3, -0.25) is 4.79 Å². The number of anilines is 1. The van der Waals surface area contributed by atoms with Crippen molar-refractivity contribution >= 4 is 34.5 Å². The highest BCUT2D eigenvalue weighted by Gasteiger charge is 2.15. The highest BCUT2D eigenvalue weighted by molar-refractivity contribution is 7.99. The first-order valence-corrected chi connectivity index (χ1v) is 9.60. The maximum atomic E-state index is 11.7. The SMILES string of the molecule is CC(C)Nc1nc(SC(C)C)nc2c1cnn2CCNC(=O)C(C)C. The first-order chi connectivity index (χ1) is 11.8. The van der Waals surface area contributed by atoms with Crippen molar-refractivity contribution in [1.29, 1.82) is 0 Å². The van der Waals surface area contributed by atoms with E-state index in [-0.39, 0.29) is 17.9 Å². The van der Waals surface area contributed by atoms with Crippen molar-refractivity contribution in [3.8, 4) is 0 Å². The molecule has 0 aliphatic carbocycles. The third-order valence-corrected chi connectivity index (χ3v) is 4.25. The van der Waals surface area contributed by atoms with E-state index >= 15 is 0 Å². The average molecular weight is 365 g/mol. The fourth-order valence-electron chi connectivity index (χ4n) is 2.24. The van der Waals surface area contributed by atoms with E-state index in [0.717, 1.165) is 22.0 Å². The lowest BCUT2D eigenvalue weighted by Gasteiger charge is -2.13. The van der Waals surface area contributed by atoms with Crippen LogP contribution in [0.25, 0.3) is 11.0 Å². The number of aromatic nitrogens is 4. The van der Waals surface area contributed by atoms with Gasteiger partial charge in [0.25, 0.3) is 0 Å². The molecule has 0 fully saturated rings. The summed E-state index contributed by atoms with van der Waals surface area (Å²) < 4.78 is 1.83. The van der Waals surface area contributed by atoms with Crippen molar-refractivity contribution < 1.29 is 4.79 Å². The average Bonchev–Trinajstić information content (AvgIpc) is 2.89. The predicted molar refractivity (Wildman–Crippen MR) is 103 cm³/mol. The van der Waals surface area contributed by atoms with E-state index in [1.54, 1.807) is 18.0 Å². The van der Waals surface area contributed by atoms with Crippen molar-refractivity contribution in [2.24, 2.45) is 5.92 Å². The maximum absolute atomic E-state index is 11.7. The first-order valence-electron chi connectivity index (χ1n) is 8.72. The highest BCUT2D eigenvalue weighted by atomic mass is 32.2. The lowest BCUT2D eigenvalue weighted by molar-refractivity contribution is -0.124. The Morgan fingerprint density at radius 1 is 1.20 bits per heavy atom. The Balaban J connectivity index is 2.27. The largest absolute Gasteiger partial charge is 0.367 e. The van der Waals surface area contributed by atoms with E-state index in [4.69, 9.17) is 0 Å². The van der Waals surface area contributed by atoms with Crippen molar-refractivity contribution in [2.75, 3.05) is 11.9 Å². The van der Waals surface area contributed by atoms with Crippen LogP contribution >= 0.6 is 11.8 Å². The van der Waals surface area contributed by atoms with Gasteiger partial charge in [-0.1, -0.05) is 39.5 Å². The third kappa shape index (κ3) is 5.32. The van der Waals surface area contributed by atoms with Crippen LogP contribution < -0.4 is 10.6 Å². The number of hydrogen-bond donors (Lipinski definition) is 2. The quantitative estimate of drug-likeness (QED) is 0.553. The van der Waals surface area contributed by atoms with Crippen molar-refractivity contribution in [3.05, 3.63) is 6.20 Å². The molecule has 0 saturated carbocycles. The molecule has 0 radical (unpaired) electrons. The summed E-state index contributed by atoms with van der Waals surface area (Å²) in [6.07, 6.45) is 1.79. The van der Waals surface area contributed by atoms with Crippen LogP contribution in [0.15, 0.2) is 11.4 Å². The van der Waals surface area contributed by atoms with Crippen LogP contribution in [0.5, 0.6) is 0 Å². The van der Waals surface area contributed by atoms with Crippen LogP contribution in [0, 0.1) is 5.92 Å². The molecule has 7 nitrogen and oxygen atoms in total. The molecular formula is C17H28N6OS. The van der Waals surface area contributed by atoms with Gasteiger partial charge >= 0.3 is 0 Å². The zero-order chi connectivity index (χ0) is 18.6. The maximum Gasteiger partial charge on any atom is 0.222 e. The molecule has 2 rings (SSSR count). The van der Waals surface area contributed by atoms with Crippen molar-refractivity contribution in [1.82, 2.24) is 25.1 Å². The second kappa shape index (κ2) is 8.51. The zero-order valence-corrected chi connectivity index (χ0v) is 16.6. The molecule has 2 heterocycles. The van der Waals surface area contributed by atoms with Gasteiger partial charge in [0.05, 0.1) is 18.1 Å². The van der Waals surface area contributed by atoms with E-state index in [1.807, 2.05) is 18.5 Å². The van der Waals surface area contributed by atoms with E-state index in [0.29, 0.717) is 18.3 Å². The summed E-state index contributed by atoms with van der Waals surface area (Å²) in [6, 6.07) is 0.267. The minimum Gasteiger partial charge on any atom is -0.367 e. The second-order valence-electron chi connectivity index (χ2n) is 6.87. The van der Waals surface area contributed by atoms with Gasteiger partial charge in [0, 0.05) is 23.8 Å². The Kier molecular flexibility index (Phi) is 6.64. The monoisotopic (exact) mass is 364 g/mol. The topological polar surface area (TPSA) is 84.7 Å². The van der Waals surface area contributed by atoms with Gasteiger partial charge in [-0.2, -0.15) is 5.10 Å². The number of thioether (sulfide) groups is 1. The molecule has 0 aromatic carbocycles. The molecule has 0 unspecified atom stereocenters. The fraction of sp³-hybridized carbons (Fsp3) is 0.647. The number of carbonyl (C=O) groups is 1. The smallest absolute Gasteiger partial charge is 0.222 e. The number of fused-ring (bicyclic) bond motifs is 1. The molecule has 8 heteroatoms. The second-order valence-corrected chi connectivity index (χ2v) is 8.41. The van der Waals surface area contributed by atoms with E-state index in [9.17, 15) is 4.79 Å². The van der Waals surface area contributed by atoms with Gasteiger partial charge in [0.2, 0.25) is 5.91 Å². The normalized spacial score (nSPS) is 11.7. The Hall–Kier alpha value is -1.83. The molecule has 2 aromatic heterocycles. The van der Waals surface area contributed by atoms with Crippen molar-refractivity contribution in [2.45, 2.75) is 64.5 Å². The van der Waals surface area contributed by atoms with Crippen LogP contribution in [0.3, 0.4) is 0 Å². The minimum absolute atomic E-state index is 0.0208. The molecule has 1 amide bonds. The number of nitrogens with one attached hydrogen (secondary N) is 2. The Bertz CT molecular complexity index is 725. The molecule has 0 saturated heterocycles. The van der Waals surface area contributed by atoms with Crippen LogP contribution in [-0.2, 0) is 11.3 Å². The molecular weight excluding hydrogens is 336 g/mol. The van der Waals surface area contributed by atoms with Gasteiger partial charge in [-0.05, 0) is 13.8 Å². The number of carbonyl (C=O) groups excluding carboxylic acids is 1. The van der Waals surface area contributed by atoms with E-state index in [1.165, 1.54) is 0 Å². The Labute approximate surface area is 153 Å². The lowest BCUT2D eigenvalue weighted by Crippen LogP contribution is -2.30. The molecule has 0 aliphatic heterocycles. The third-order valence-electron chi connectivity index (χ3n) is 3.39. The van der Waals surface area contributed by atoms with Crippen LogP contribution in [0.1, 0.15) is 41.5 Å². The van der Waals surface area contributed by atoms with Crippen LogP contribution in [0.2, 0.25) is 0 Å². The number of rotatable bonds is 8. The molecule has 2 aromatic rings. The standard InChI is InChI=1S/C17H28N6OS/c1-10(2)16(24)18-7-8-23-15-13(9-19-23)14(20-11(3)4)21-17(22-15)25-12(5)6/h9-12H,7-8H2,1-6H3,(H,18,24)(H,20,21,22). The van der Waals surface area contributed by atoms with Gasteiger partial charge in [-0.25, -0.2) is 14.6 Å². The minimum atomic E-state index is -0.0208. The van der Waals surface area contributed by atoms with Crippen LogP contribution in [-0.4, -0.2) is 43.5 Å². The Morgan fingerprint density at radius 2 is 1.92 bits per heavy atom. The molecule has 25 heavy (non-hydrogen) atoms. The van der Waals surface area contributed by atoms with E-state index < -0.39 is 0 Å².